The monoisotopic (exact) mass is 384 g/mol. The van der Waals surface area contributed by atoms with Crippen molar-refractivity contribution in [1.29, 1.82) is 0 Å². The first-order valence-electron chi connectivity index (χ1n) is 8.38. The molecule has 2 heterocycles. The molecule has 0 aliphatic carbocycles. The molecule has 1 aromatic heterocycles. The predicted octanol–water partition coefficient (Wildman–Crippen LogP) is 4.58. The Morgan fingerprint density at radius 1 is 1.23 bits per heavy atom. The third kappa shape index (κ3) is 3.89. The number of hydrogen-bond donors (Lipinski definition) is 1. The lowest BCUT2D eigenvalue weighted by molar-refractivity contribution is -0.121. The highest BCUT2D eigenvalue weighted by molar-refractivity contribution is 7.15. The molecular weight excluding hydrogens is 368 g/mol. The number of para-hydroxylation sites is 1. The van der Waals surface area contributed by atoms with Crippen LogP contribution >= 0.6 is 22.9 Å². The molecule has 3 aromatic rings. The van der Waals surface area contributed by atoms with Crippen LogP contribution in [-0.2, 0) is 17.6 Å². The van der Waals surface area contributed by atoms with Gasteiger partial charge in [-0.25, -0.2) is 4.98 Å². The first kappa shape index (κ1) is 17.1. The molecule has 0 saturated carbocycles. The third-order valence-corrected chi connectivity index (χ3v) is 5.49. The number of amides is 1. The molecular formula is C20H17ClN2O2S. The summed E-state index contributed by atoms with van der Waals surface area (Å²) >= 11 is 7.41. The van der Waals surface area contributed by atoms with Crippen molar-refractivity contribution in [3.63, 3.8) is 0 Å². The van der Waals surface area contributed by atoms with Gasteiger partial charge in [0.2, 0.25) is 5.91 Å². The van der Waals surface area contributed by atoms with Crippen molar-refractivity contribution in [3.8, 4) is 5.75 Å². The van der Waals surface area contributed by atoms with Crippen molar-refractivity contribution < 1.29 is 9.53 Å². The van der Waals surface area contributed by atoms with Gasteiger partial charge >= 0.3 is 0 Å². The number of aromatic nitrogens is 1. The van der Waals surface area contributed by atoms with Crippen LogP contribution in [0.4, 0.5) is 5.13 Å². The van der Waals surface area contributed by atoms with Gasteiger partial charge in [0.1, 0.15) is 12.4 Å². The second-order valence-corrected chi connectivity index (χ2v) is 7.80. The Labute approximate surface area is 160 Å². The first-order chi connectivity index (χ1) is 12.7. The van der Waals surface area contributed by atoms with E-state index in [1.807, 2.05) is 54.7 Å². The second-order valence-electron chi connectivity index (χ2n) is 6.24. The SMILES string of the molecule is O=C(Nc1ncc(Cc2ccc(Cl)cc2)s1)[C@H]1COc2ccccc2C1. The Kier molecular flexibility index (Phi) is 4.91. The maximum atomic E-state index is 12.5. The maximum Gasteiger partial charge on any atom is 0.233 e. The van der Waals surface area contributed by atoms with Gasteiger partial charge in [-0.05, 0) is 35.7 Å². The van der Waals surface area contributed by atoms with E-state index in [9.17, 15) is 4.79 Å². The number of nitrogens with zero attached hydrogens (tertiary/aromatic N) is 1. The van der Waals surface area contributed by atoms with Gasteiger partial charge in [-0.3, -0.25) is 4.79 Å². The van der Waals surface area contributed by atoms with Crippen LogP contribution in [0, 0.1) is 5.92 Å². The Morgan fingerprint density at radius 2 is 2.04 bits per heavy atom. The standard InChI is InChI=1S/C20H17ClN2O2S/c21-16-7-5-13(6-8-16)9-17-11-22-20(26-17)23-19(24)15-10-14-3-1-2-4-18(14)25-12-15/h1-8,11,15H,9-10,12H2,(H,22,23,24)/t15-/m1/s1. The molecule has 0 fully saturated rings. The zero-order valence-electron chi connectivity index (χ0n) is 13.9. The lowest BCUT2D eigenvalue weighted by atomic mass is 9.96. The van der Waals surface area contributed by atoms with E-state index in [4.69, 9.17) is 16.3 Å². The number of benzene rings is 2. The fourth-order valence-corrected chi connectivity index (χ4v) is 3.93. The molecule has 6 heteroatoms. The van der Waals surface area contributed by atoms with E-state index in [1.165, 1.54) is 11.3 Å². The summed E-state index contributed by atoms with van der Waals surface area (Å²) in [6.45, 7) is 0.395. The summed E-state index contributed by atoms with van der Waals surface area (Å²) < 4.78 is 5.70. The highest BCUT2D eigenvalue weighted by atomic mass is 35.5. The molecule has 1 aliphatic rings. The van der Waals surface area contributed by atoms with Crippen LogP contribution < -0.4 is 10.1 Å². The van der Waals surface area contributed by atoms with Gasteiger partial charge in [-0.1, -0.05) is 41.9 Å². The number of rotatable bonds is 4. The van der Waals surface area contributed by atoms with Gasteiger partial charge in [0, 0.05) is 22.5 Å². The molecule has 1 aliphatic heterocycles. The molecule has 1 N–H and O–H groups in total. The molecule has 4 rings (SSSR count). The number of hydrogen-bond acceptors (Lipinski definition) is 4. The van der Waals surface area contributed by atoms with Crippen molar-refractivity contribution in [2.45, 2.75) is 12.8 Å². The van der Waals surface area contributed by atoms with E-state index in [2.05, 4.69) is 10.3 Å². The van der Waals surface area contributed by atoms with Crippen LogP contribution in [0.1, 0.15) is 16.0 Å². The van der Waals surface area contributed by atoms with E-state index in [-0.39, 0.29) is 11.8 Å². The molecule has 2 aromatic carbocycles. The smallest absolute Gasteiger partial charge is 0.233 e. The summed E-state index contributed by atoms with van der Waals surface area (Å²) in [6.07, 6.45) is 3.26. The fourth-order valence-electron chi connectivity index (χ4n) is 2.95. The Bertz CT molecular complexity index is 924. The van der Waals surface area contributed by atoms with Crippen molar-refractivity contribution in [3.05, 3.63) is 75.8 Å². The number of carbonyl (C=O) groups excluding carboxylic acids is 1. The summed E-state index contributed by atoms with van der Waals surface area (Å²) in [4.78, 5) is 18.0. The number of nitrogens with one attached hydrogen (secondary N) is 1. The zero-order chi connectivity index (χ0) is 17.9. The number of thiazole rings is 1. The molecule has 4 nitrogen and oxygen atoms in total. The largest absolute Gasteiger partial charge is 0.492 e. The third-order valence-electron chi connectivity index (χ3n) is 4.33. The van der Waals surface area contributed by atoms with Crippen molar-refractivity contribution in [2.75, 3.05) is 11.9 Å². The normalized spacial score (nSPS) is 15.8. The molecule has 26 heavy (non-hydrogen) atoms. The average molecular weight is 385 g/mol. The van der Waals surface area contributed by atoms with Crippen molar-refractivity contribution in [1.82, 2.24) is 4.98 Å². The predicted molar refractivity (Wildman–Crippen MR) is 104 cm³/mol. The topological polar surface area (TPSA) is 51.2 Å². The molecule has 0 bridgehead atoms. The van der Waals surface area contributed by atoms with Gasteiger partial charge in [-0.15, -0.1) is 11.3 Å². The molecule has 0 unspecified atom stereocenters. The molecule has 132 valence electrons. The zero-order valence-corrected chi connectivity index (χ0v) is 15.5. The number of ether oxygens (including phenoxy) is 1. The van der Waals surface area contributed by atoms with Crippen molar-refractivity contribution in [2.24, 2.45) is 5.92 Å². The van der Waals surface area contributed by atoms with Crippen LogP contribution in [0.3, 0.4) is 0 Å². The highest BCUT2D eigenvalue weighted by Gasteiger charge is 2.26. The molecule has 0 spiro atoms. The van der Waals surface area contributed by atoms with E-state index in [0.717, 1.165) is 33.2 Å². The quantitative estimate of drug-likeness (QED) is 0.716. The summed E-state index contributed by atoms with van der Waals surface area (Å²) in [5.41, 5.74) is 2.23. The lowest BCUT2D eigenvalue weighted by Crippen LogP contribution is -2.32. The minimum Gasteiger partial charge on any atom is -0.492 e. The van der Waals surface area contributed by atoms with Crippen LogP contribution in [0.15, 0.2) is 54.7 Å². The minimum atomic E-state index is -0.200. The lowest BCUT2D eigenvalue weighted by Gasteiger charge is -2.24. The van der Waals surface area contributed by atoms with Gasteiger partial charge in [0.15, 0.2) is 5.13 Å². The number of fused-ring (bicyclic) bond motifs is 1. The van der Waals surface area contributed by atoms with Gasteiger partial charge in [0.05, 0.1) is 5.92 Å². The Morgan fingerprint density at radius 3 is 2.88 bits per heavy atom. The minimum absolute atomic E-state index is 0.0492. The van der Waals surface area contributed by atoms with Crippen LogP contribution in [-0.4, -0.2) is 17.5 Å². The highest BCUT2D eigenvalue weighted by Crippen LogP contribution is 2.28. The van der Waals surface area contributed by atoms with Gasteiger partial charge in [-0.2, -0.15) is 0 Å². The number of anilines is 1. The second kappa shape index (κ2) is 7.48. The molecule has 0 saturated heterocycles. The van der Waals surface area contributed by atoms with Crippen LogP contribution in [0.5, 0.6) is 5.75 Å². The summed E-state index contributed by atoms with van der Waals surface area (Å²) in [5, 5.41) is 4.27. The van der Waals surface area contributed by atoms with Crippen LogP contribution in [0.2, 0.25) is 5.02 Å². The first-order valence-corrected chi connectivity index (χ1v) is 9.57. The van der Waals surface area contributed by atoms with Gasteiger partial charge < -0.3 is 10.1 Å². The number of carbonyl (C=O) groups is 1. The summed E-state index contributed by atoms with van der Waals surface area (Å²) in [6, 6.07) is 15.6. The summed E-state index contributed by atoms with van der Waals surface area (Å²) in [7, 11) is 0. The molecule has 0 radical (unpaired) electrons. The molecule has 1 atom stereocenters. The molecule has 1 amide bonds. The summed E-state index contributed by atoms with van der Waals surface area (Å²) in [5.74, 6) is 0.622. The Balaban J connectivity index is 1.38. The average Bonchev–Trinajstić information content (AvgIpc) is 3.10. The number of halogens is 1. The van der Waals surface area contributed by atoms with Crippen molar-refractivity contribution >= 4 is 34.0 Å². The van der Waals surface area contributed by atoms with Crippen LogP contribution in [0.25, 0.3) is 0 Å². The van der Waals surface area contributed by atoms with E-state index in [1.54, 1.807) is 0 Å². The maximum absolute atomic E-state index is 12.5. The van der Waals surface area contributed by atoms with E-state index >= 15 is 0 Å². The van der Waals surface area contributed by atoms with E-state index in [0.29, 0.717) is 18.2 Å². The Hall–Kier alpha value is -2.37. The fraction of sp³-hybridized carbons (Fsp3) is 0.200. The van der Waals surface area contributed by atoms with Gasteiger partial charge in [0.25, 0.3) is 0 Å². The van der Waals surface area contributed by atoms with E-state index < -0.39 is 0 Å².